The molecule has 18 heavy (non-hydrogen) atoms. The summed E-state index contributed by atoms with van der Waals surface area (Å²) < 4.78 is 4.83. The van der Waals surface area contributed by atoms with Gasteiger partial charge in [0.2, 0.25) is 0 Å². The van der Waals surface area contributed by atoms with Crippen LogP contribution in [-0.4, -0.2) is 50.2 Å². The van der Waals surface area contributed by atoms with Gasteiger partial charge >= 0.3 is 5.97 Å². The van der Waals surface area contributed by atoms with E-state index in [1.54, 1.807) is 0 Å². The Morgan fingerprint density at radius 2 is 2.17 bits per heavy atom. The third-order valence-corrected chi connectivity index (χ3v) is 3.89. The van der Waals surface area contributed by atoms with Crippen molar-refractivity contribution in [3.8, 4) is 0 Å². The van der Waals surface area contributed by atoms with Crippen LogP contribution in [0.2, 0.25) is 0 Å². The van der Waals surface area contributed by atoms with Crippen LogP contribution < -0.4 is 5.32 Å². The van der Waals surface area contributed by atoms with Crippen molar-refractivity contribution in [2.24, 2.45) is 5.92 Å². The van der Waals surface area contributed by atoms with Crippen LogP contribution in [0.25, 0.3) is 0 Å². The zero-order valence-corrected chi connectivity index (χ0v) is 12.2. The number of piperidine rings is 1. The molecule has 1 rings (SSSR count). The van der Waals surface area contributed by atoms with Crippen LogP contribution in [0.1, 0.15) is 39.5 Å². The van der Waals surface area contributed by atoms with Gasteiger partial charge in [0.1, 0.15) is 6.04 Å². The van der Waals surface area contributed by atoms with Crippen molar-refractivity contribution >= 4 is 5.97 Å². The normalized spacial score (nSPS) is 23.1. The topological polar surface area (TPSA) is 41.6 Å². The van der Waals surface area contributed by atoms with Crippen molar-refractivity contribution in [2.75, 3.05) is 27.2 Å². The van der Waals surface area contributed by atoms with Gasteiger partial charge in [0.05, 0.1) is 7.11 Å². The maximum atomic E-state index is 11.6. The molecule has 1 saturated heterocycles. The fourth-order valence-corrected chi connectivity index (χ4v) is 2.63. The Bertz CT molecular complexity index is 256. The molecule has 0 aromatic rings. The second-order valence-electron chi connectivity index (χ2n) is 5.62. The number of nitrogens with one attached hydrogen (secondary N) is 1. The van der Waals surface area contributed by atoms with Crippen LogP contribution in [-0.2, 0) is 9.53 Å². The molecule has 106 valence electrons. The zero-order valence-electron chi connectivity index (χ0n) is 12.2. The van der Waals surface area contributed by atoms with Crippen molar-refractivity contribution in [3.63, 3.8) is 0 Å². The molecule has 0 saturated carbocycles. The lowest BCUT2D eigenvalue weighted by Crippen LogP contribution is -2.44. The zero-order chi connectivity index (χ0) is 13.5. The fraction of sp³-hybridized carbons (Fsp3) is 0.929. The SMILES string of the molecule is COC(=O)C(NCCC1CCCCN1C)C(C)C. The van der Waals surface area contributed by atoms with E-state index < -0.39 is 0 Å². The van der Waals surface area contributed by atoms with E-state index >= 15 is 0 Å². The molecule has 0 radical (unpaired) electrons. The number of hydrogen-bond donors (Lipinski definition) is 1. The van der Waals surface area contributed by atoms with Gasteiger partial charge in [-0.25, -0.2) is 0 Å². The fourth-order valence-electron chi connectivity index (χ4n) is 2.63. The molecular weight excluding hydrogens is 228 g/mol. The summed E-state index contributed by atoms with van der Waals surface area (Å²) in [6.07, 6.45) is 5.04. The lowest BCUT2D eigenvalue weighted by Gasteiger charge is -2.33. The monoisotopic (exact) mass is 256 g/mol. The van der Waals surface area contributed by atoms with Gasteiger partial charge in [-0.2, -0.15) is 0 Å². The van der Waals surface area contributed by atoms with E-state index in [0.717, 1.165) is 13.0 Å². The minimum Gasteiger partial charge on any atom is -0.468 e. The van der Waals surface area contributed by atoms with Gasteiger partial charge in [-0.1, -0.05) is 20.3 Å². The van der Waals surface area contributed by atoms with E-state index in [0.29, 0.717) is 6.04 Å². The Kier molecular flexibility index (Phi) is 6.65. The minimum absolute atomic E-state index is 0.151. The molecule has 1 heterocycles. The Balaban J connectivity index is 2.31. The lowest BCUT2D eigenvalue weighted by molar-refractivity contribution is -0.144. The van der Waals surface area contributed by atoms with E-state index in [1.807, 2.05) is 13.8 Å². The lowest BCUT2D eigenvalue weighted by atomic mass is 9.99. The maximum absolute atomic E-state index is 11.6. The average molecular weight is 256 g/mol. The largest absolute Gasteiger partial charge is 0.468 e. The summed E-state index contributed by atoms with van der Waals surface area (Å²) >= 11 is 0. The molecule has 0 bridgehead atoms. The standard InChI is InChI=1S/C14H28N2O2/c1-11(2)13(14(17)18-4)15-9-8-12-7-5-6-10-16(12)3/h11-13,15H,5-10H2,1-4H3. The van der Waals surface area contributed by atoms with Gasteiger partial charge in [-0.15, -0.1) is 0 Å². The molecule has 0 amide bonds. The van der Waals surface area contributed by atoms with Crippen LogP contribution >= 0.6 is 0 Å². The number of carbonyl (C=O) groups excluding carboxylic acids is 1. The summed E-state index contributed by atoms with van der Waals surface area (Å²) in [5.41, 5.74) is 0. The van der Waals surface area contributed by atoms with E-state index in [4.69, 9.17) is 4.74 Å². The predicted octanol–water partition coefficient (Wildman–Crippen LogP) is 1.65. The Labute approximate surface area is 111 Å². The van der Waals surface area contributed by atoms with Crippen LogP contribution in [0.15, 0.2) is 0 Å². The molecule has 2 atom stereocenters. The van der Waals surface area contributed by atoms with E-state index in [9.17, 15) is 4.79 Å². The Hall–Kier alpha value is -0.610. The van der Waals surface area contributed by atoms with E-state index in [2.05, 4.69) is 17.3 Å². The number of likely N-dealkylation sites (tertiary alicyclic amines) is 1. The van der Waals surface area contributed by atoms with Crippen LogP contribution in [0.4, 0.5) is 0 Å². The van der Waals surface area contributed by atoms with Crippen molar-refractivity contribution in [1.29, 1.82) is 0 Å². The summed E-state index contributed by atoms with van der Waals surface area (Å²) in [7, 11) is 3.65. The van der Waals surface area contributed by atoms with Crippen molar-refractivity contribution in [2.45, 2.75) is 51.6 Å². The molecule has 1 aliphatic rings. The Morgan fingerprint density at radius 1 is 1.44 bits per heavy atom. The number of carbonyl (C=O) groups is 1. The summed E-state index contributed by atoms with van der Waals surface area (Å²) in [5.74, 6) is 0.114. The second-order valence-corrected chi connectivity index (χ2v) is 5.62. The number of rotatable bonds is 6. The molecular formula is C14H28N2O2. The molecule has 1 aliphatic heterocycles. The van der Waals surface area contributed by atoms with E-state index in [-0.39, 0.29) is 17.9 Å². The number of hydrogen-bond acceptors (Lipinski definition) is 4. The van der Waals surface area contributed by atoms with Crippen molar-refractivity contribution in [1.82, 2.24) is 10.2 Å². The minimum atomic E-state index is -0.177. The second kappa shape index (κ2) is 7.74. The number of methoxy groups -OCH3 is 1. The molecule has 4 nitrogen and oxygen atoms in total. The molecule has 0 aliphatic carbocycles. The summed E-state index contributed by atoms with van der Waals surface area (Å²) in [4.78, 5) is 14.0. The third-order valence-electron chi connectivity index (χ3n) is 3.89. The van der Waals surface area contributed by atoms with Gasteiger partial charge in [0.25, 0.3) is 0 Å². The van der Waals surface area contributed by atoms with Gasteiger partial charge in [0, 0.05) is 6.04 Å². The summed E-state index contributed by atoms with van der Waals surface area (Å²) in [5, 5.41) is 3.34. The number of ether oxygens (including phenoxy) is 1. The molecule has 0 aromatic carbocycles. The molecule has 2 unspecified atom stereocenters. The molecule has 1 N–H and O–H groups in total. The number of nitrogens with zero attached hydrogens (tertiary/aromatic N) is 1. The van der Waals surface area contributed by atoms with Gasteiger partial charge in [-0.05, 0) is 45.3 Å². The average Bonchev–Trinajstić information content (AvgIpc) is 2.35. The first kappa shape index (κ1) is 15.4. The van der Waals surface area contributed by atoms with E-state index in [1.165, 1.54) is 32.9 Å². The quantitative estimate of drug-likeness (QED) is 0.734. The highest BCUT2D eigenvalue weighted by Gasteiger charge is 2.23. The summed E-state index contributed by atoms with van der Waals surface area (Å²) in [6.45, 7) is 6.17. The summed E-state index contributed by atoms with van der Waals surface area (Å²) in [6, 6.07) is 0.487. The number of esters is 1. The molecule has 0 aromatic heterocycles. The van der Waals surface area contributed by atoms with Crippen LogP contribution in [0.5, 0.6) is 0 Å². The Morgan fingerprint density at radius 3 is 2.72 bits per heavy atom. The first-order chi connectivity index (χ1) is 8.56. The van der Waals surface area contributed by atoms with Crippen LogP contribution in [0.3, 0.4) is 0 Å². The van der Waals surface area contributed by atoms with Crippen LogP contribution in [0, 0.1) is 5.92 Å². The highest BCUT2D eigenvalue weighted by atomic mass is 16.5. The first-order valence-electron chi connectivity index (χ1n) is 7.07. The predicted molar refractivity (Wildman–Crippen MR) is 73.5 cm³/mol. The molecule has 0 spiro atoms. The molecule has 1 fully saturated rings. The highest BCUT2D eigenvalue weighted by molar-refractivity contribution is 5.75. The first-order valence-corrected chi connectivity index (χ1v) is 7.07. The third kappa shape index (κ3) is 4.58. The maximum Gasteiger partial charge on any atom is 0.323 e. The van der Waals surface area contributed by atoms with Crippen molar-refractivity contribution < 1.29 is 9.53 Å². The van der Waals surface area contributed by atoms with Crippen molar-refractivity contribution in [3.05, 3.63) is 0 Å². The van der Waals surface area contributed by atoms with Gasteiger partial charge in [0.15, 0.2) is 0 Å². The highest BCUT2D eigenvalue weighted by Crippen LogP contribution is 2.17. The van der Waals surface area contributed by atoms with Gasteiger partial charge in [-0.3, -0.25) is 4.79 Å². The van der Waals surface area contributed by atoms with Gasteiger partial charge < -0.3 is 15.0 Å². The smallest absolute Gasteiger partial charge is 0.323 e. The molecule has 4 heteroatoms.